The van der Waals surface area contributed by atoms with Gasteiger partial charge in [0.25, 0.3) is 0 Å². The molecule has 0 saturated heterocycles. The molecule has 0 amide bonds. The highest BCUT2D eigenvalue weighted by Crippen LogP contribution is 2.28. The predicted octanol–water partition coefficient (Wildman–Crippen LogP) is 2.76. The van der Waals surface area contributed by atoms with E-state index in [0.717, 1.165) is 0 Å². The normalized spacial score (nSPS) is 12.3. The third kappa shape index (κ3) is 2.80. The molecule has 0 fully saturated rings. The number of aliphatic hydroxyl groups excluding tert-OH is 1. The molecule has 2 heterocycles. The lowest BCUT2D eigenvalue weighted by Gasteiger charge is -2.14. The van der Waals surface area contributed by atoms with E-state index in [-0.39, 0.29) is 12.3 Å². The van der Waals surface area contributed by atoms with E-state index < -0.39 is 17.9 Å². The number of fused-ring (bicyclic) bond motifs is 1. The van der Waals surface area contributed by atoms with Gasteiger partial charge in [0.05, 0.1) is 17.8 Å². The molecule has 0 aliphatic carbocycles. The Bertz CT molecular complexity index is 846. The molecular weight excluding hydrogens is 299 g/mol. The fraction of sp³-hybridized carbons (Fsp3) is 0.176. The minimum absolute atomic E-state index is 0.161. The molecule has 0 saturated carbocycles. The second-order valence-corrected chi connectivity index (χ2v) is 4.95. The summed E-state index contributed by atoms with van der Waals surface area (Å²) in [5.74, 6) is -0.631. The van der Waals surface area contributed by atoms with Crippen molar-refractivity contribution in [2.24, 2.45) is 0 Å². The summed E-state index contributed by atoms with van der Waals surface area (Å²) in [6, 6.07) is 11.1. The smallest absolute Gasteiger partial charge is 0.341 e. The van der Waals surface area contributed by atoms with Crippen LogP contribution in [-0.4, -0.2) is 27.2 Å². The SMILES string of the molecule is CCOC(=O)C(O)c1cc2cc(F)ccc2n1-c1ccccn1. The Morgan fingerprint density at radius 2 is 2.17 bits per heavy atom. The summed E-state index contributed by atoms with van der Waals surface area (Å²) in [7, 11) is 0. The quantitative estimate of drug-likeness (QED) is 0.752. The minimum Gasteiger partial charge on any atom is -0.464 e. The highest BCUT2D eigenvalue weighted by atomic mass is 19.1. The lowest BCUT2D eigenvalue weighted by Crippen LogP contribution is -2.18. The van der Waals surface area contributed by atoms with Crippen LogP contribution in [0.1, 0.15) is 18.7 Å². The zero-order valence-electron chi connectivity index (χ0n) is 12.4. The van der Waals surface area contributed by atoms with Gasteiger partial charge in [-0.1, -0.05) is 6.07 Å². The lowest BCUT2D eigenvalue weighted by atomic mass is 10.2. The molecule has 1 aromatic carbocycles. The second kappa shape index (κ2) is 6.18. The number of carbonyl (C=O) groups excluding carboxylic acids is 1. The van der Waals surface area contributed by atoms with E-state index in [4.69, 9.17) is 4.74 Å². The van der Waals surface area contributed by atoms with Crippen molar-refractivity contribution in [3.63, 3.8) is 0 Å². The van der Waals surface area contributed by atoms with Crippen LogP contribution in [-0.2, 0) is 9.53 Å². The summed E-state index contributed by atoms with van der Waals surface area (Å²) in [5.41, 5.74) is 0.922. The Kier molecular flexibility index (Phi) is 4.08. The largest absolute Gasteiger partial charge is 0.464 e. The summed E-state index contributed by atoms with van der Waals surface area (Å²) in [4.78, 5) is 16.1. The van der Waals surface area contributed by atoms with Crippen LogP contribution in [0.5, 0.6) is 0 Å². The van der Waals surface area contributed by atoms with Gasteiger partial charge < -0.3 is 9.84 Å². The Balaban J connectivity index is 2.22. The first-order valence-corrected chi connectivity index (χ1v) is 7.19. The van der Waals surface area contributed by atoms with Gasteiger partial charge in [0.2, 0.25) is 0 Å². The number of halogens is 1. The predicted molar refractivity (Wildman–Crippen MR) is 82.6 cm³/mol. The molecule has 3 rings (SSSR count). The number of carbonyl (C=O) groups is 1. The topological polar surface area (TPSA) is 64.3 Å². The molecule has 0 aliphatic heterocycles. The summed E-state index contributed by atoms with van der Waals surface area (Å²) in [5, 5.41) is 10.9. The fourth-order valence-electron chi connectivity index (χ4n) is 2.49. The van der Waals surface area contributed by atoms with Crippen LogP contribution in [0.25, 0.3) is 16.7 Å². The average molecular weight is 314 g/mol. The molecule has 1 unspecified atom stereocenters. The number of aliphatic hydroxyl groups is 1. The van der Waals surface area contributed by atoms with Gasteiger partial charge in [-0.05, 0) is 43.3 Å². The van der Waals surface area contributed by atoms with Crippen LogP contribution in [0, 0.1) is 5.82 Å². The molecule has 2 aromatic heterocycles. The molecule has 3 aromatic rings. The Morgan fingerprint density at radius 1 is 1.35 bits per heavy atom. The van der Waals surface area contributed by atoms with Gasteiger partial charge in [0.15, 0.2) is 6.10 Å². The number of pyridine rings is 1. The Labute approximate surface area is 132 Å². The van der Waals surface area contributed by atoms with E-state index in [2.05, 4.69) is 4.98 Å². The van der Waals surface area contributed by atoms with Gasteiger partial charge in [-0.15, -0.1) is 0 Å². The lowest BCUT2D eigenvalue weighted by molar-refractivity contribution is -0.153. The number of nitrogens with zero attached hydrogens (tertiary/aromatic N) is 2. The Hall–Kier alpha value is -2.73. The Morgan fingerprint density at radius 3 is 2.87 bits per heavy atom. The number of hydrogen-bond acceptors (Lipinski definition) is 4. The van der Waals surface area contributed by atoms with E-state index >= 15 is 0 Å². The first kappa shape index (κ1) is 15.2. The van der Waals surface area contributed by atoms with Gasteiger partial charge >= 0.3 is 5.97 Å². The third-order valence-corrected chi connectivity index (χ3v) is 3.46. The van der Waals surface area contributed by atoms with Gasteiger partial charge in [-0.3, -0.25) is 4.57 Å². The van der Waals surface area contributed by atoms with Crippen LogP contribution in [0.4, 0.5) is 4.39 Å². The van der Waals surface area contributed by atoms with Crippen molar-refractivity contribution in [1.29, 1.82) is 0 Å². The van der Waals surface area contributed by atoms with E-state index in [9.17, 15) is 14.3 Å². The van der Waals surface area contributed by atoms with Crippen LogP contribution >= 0.6 is 0 Å². The van der Waals surface area contributed by atoms with E-state index in [0.29, 0.717) is 16.7 Å². The van der Waals surface area contributed by atoms with E-state index in [1.54, 1.807) is 48.0 Å². The first-order valence-electron chi connectivity index (χ1n) is 7.19. The maximum absolute atomic E-state index is 13.5. The standard InChI is InChI=1S/C17H15FN2O3/c1-2-23-17(22)16(21)14-10-11-9-12(18)6-7-13(11)20(14)15-5-3-4-8-19-15/h3-10,16,21H,2H2,1H3. The van der Waals surface area contributed by atoms with Crippen molar-refractivity contribution in [3.05, 3.63) is 60.2 Å². The summed E-state index contributed by atoms with van der Waals surface area (Å²) in [6.07, 6.45) is 0.123. The molecule has 118 valence electrons. The molecule has 0 spiro atoms. The summed E-state index contributed by atoms with van der Waals surface area (Å²) < 4.78 is 20.0. The zero-order chi connectivity index (χ0) is 16.4. The fourth-order valence-corrected chi connectivity index (χ4v) is 2.49. The molecule has 0 bridgehead atoms. The number of esters is 1. The van der Waals surface area contributed by atoms with E-state index in [1.165, 1.54) is 12.1 Å². The maximum atomic E-state index is 13.5. The molecule has 1 N–H and O–H groups in total. The van der Waals surface area contributed by atoms with Crippen LogP contribution in [0.3, 0.4) is 0 Å². The first-order chi connectivity index (χ1) is 11.1. The number of hydrogen-bond donors (Lipinski definition) is 1. The van der Waals surface area contributed by atoms with Crippen molar-refractivity contribution in [2.45, 2.75) is 13.0 Å². The van der Waals surface area contributed by atoms with Crippen molar-refractivity contribution in [2.75, 3.05) is 6.61 Å². The molecule has 6 heteroatoms. The third-order valence-electron chi connectivity index (χ3n) is 3.46. The van der Waals surface area contributed by atoms with Gasteiger partial charge in [0, 0.05) is 11.6 Å². The highest BCUT2D eigenvalue weighted by Gasteiger charge is 2.25. The second-order valence-electron chi connectivity index (χ2n) is 4.95. The summed E-state index contributed by atoms with van der Waals surface area (Å²) in [6.45, 7) is 1.82. The van der Waals surface area contributed by atoms with Crippen molar-refractivity contribution < 1.29 is 19.0 Å². The highest BCUT2D eigenvalue weighted by molar-refractivity contribution is 5.86. The van der Waals surface area contributed by atoms with Gasteiger partial charge in [-0.2, -0.15) is 0 Å². The van der Waals surface area contributed by atoms with Gasteiger partial charge in [0.1, 0.15) is 11.6 Å². The van der Waals surface area contributed by atoms with Crippen LogP contribution in [0.2, 0.25) is 0 Å². The van der Waals surface area contributed by atoms with Crippen LogP contribution < -0.4 is 0 Å². The van der Waals surface area contributed by atoms with Crippen LogP contribution in [0.15, 0.2) is 48.7 Å². The van der Waals surface area contributed by atoms with Gasteiger partial charge in [-0.25, -0.2) is 14.2 Å². The molecule has 5 nitrogen and oxygen atoms in total. The zero-order valence-corrected chi connectivity index (χ0v) is 12.4. The molecule has 23 heavy (non-hydrogen) atoms. The molecule has 1 atom stereocenters. The van der Waals surface area contributed by atoms with E-state index in [1.807, 2.05) is 0 Å². The number of ether oxygens (including phenoxy) is 1. The molecular formula is C17H15FN2O3. The van der Waals surface area contributed by atoms with Crippen molar-refractivity contribution >= 4 is 16.9 Å². The average Bonchev–Trinajstić information content (AvgIpc) is 2.93. The maximum Gasteiger partial charge on any atom is 0.341 e. The molecule has 0 aliphatic rings. The number of aromatic nitrogens is 2. The monoisotopic (exact) mass is 314 g/mol. The minimum atomic E-state index is -1.48. The number of benzene rings is 1. The van der Waals surface area contributed by atoms with Crippen molar-refractivity contribution in [1.82, 2.24) is 9.55 Å². The number of rotatable bonds is 4. The van der Waals surface area contributed by atoms with Crippen molar-refractivity contribution in [3.8, 4) is 5.82 Å². The molecule has 0 radical (unpaired) electrons. The summed E-state index contributed by atoms with van der Waals surface area (Å²) >= 11 is 0.